The smallest absolute Gasteiger partial charge is 0.294 e. The summed E-state index contributed by atoms with van der Waals surface area (Å²) >= 11 is 4.38. The summed E-state index contributed by atoms with van der Waals surface area (Å²) in [4.78, 5) is 17.4. The highest BCUT2D eigenvalue weighted by molar-refractivity contribution is 8.03. The molecule has 0 spiro atoms. The van der Waals surface area contributed by atoms with Crippen molar-refractivity contribution in [2.45, 2.75) is 124 Å². The molecule has 0 unspecified atom stereocenters. The fraction of sp³-hybridized carbons (Fsp3) is 0.390. The van der Waals surface area contributed by atoms with Gasteiger partial charge in [-0.25, -0.2) is 28.5 Å². The van der Waals surface area contributed by atoms with Crippen LogP contribution in [0.2, 0.25) is 0 Å². The van der Waals surface area contributed by atoms with E-state index in [4.69, 9.17) is 28.8 Å². The summed E-state index contributed by atoms with van der Waals surface area (Å²) in [5.74, 6) is 1.08. The van der Waals surface area contributed by atoms with Crippen LogP contribution in [0.5, 0.6) is 0 Å². The molecule has 5 aromatic rings. The van der Waals surface area contributed by atoms with E-state index in [0.29, 0.717) is 55.7 Å². The first-order valence-corrected chi connectivity index (χ1v) is 33.2. The van der Waals surface area contributed by atoms with E-state index in [0.717, 1.165) is 125 Å². The SMILES string of the molecule is CN(CCCC(=O)C(C)(C)C)S(=O)(=O)c1cccc2c3c(ccc12)N(CCCSOOO)/C(=C/C=C1\CCCC(/C=C/C2=[N+](CCCSOOO)c4ccc5c(SOOO)cccc5c4C2(C)C)=C1Sc1ccc(S(=O)(=O)O)cc1)C3(C)C. The van der Waals surface area contributed by atoms with Crippen LogP contribution in [-0.4, -0.2) is 95.7 Å². The first-order chi connectivity index (χ1) is 39.5. The molecule has 2 heterocycles. The van der Waals surface area contributed by atoms with Gasteiger partial charge in [-0.1, -0.05) is 104 Å². The van der Waals surface area contributed by atoms with E-state index in [1.54, 1.807) is 31.3 Å². The normalized spacial score (nSPS) is 17.4. The van der Waals surface area contributed by atoms with Crippen LogP contribution in [0.25, 0.3) is 21.5 Å². The van der Waals surface area contributed by atoms with E-state index in [1.807, 2.05) is 57.2 Å². The lowest BCUT2D eigenvalue weighted by Gasteiger charge is -2.28. The molecule has 0 amide bonds. The fourth-order valence-corrected chi connectivity index (χ4v) is 15.5. The average molecular weight is 1250 g/mol. The minimum Gasteiger partial charge on any atom is -0.344 e. The van der Waals surface area contributed by atoms with Gasteiger partial charge < -0.3 is 4.90 Å². The fourth-order valence-electron chi connectivity index (χ4n) is 11.3. The average Bonchev–Trinajstić information content (AvgIpc) is 3.82. The number of carbonyl (C=O) groups is 1. The number of anilines is 1. The number of thioether (sulfide) groups is 1. The summed E-state index contributed by atoms with van der Waals surface area (Å²) < 4.78 is 81.1. The van der Waals surface area contributed by atoms with E-state index in [2.05, 4.69) is 88.7 Å². The topological polar surface area (TPSA) is 231 Å². The van der Waals surface area contributed by atoms with Crippen molar-refractivity contribution in [3.05, 3.63) is 142 Å². The predicted molar refractivity (Wildman–Crippen MR) is 327 cm³/mol. The molecule has 0 atom stereocenters. The Morgan fingerprint density at radius 1 is 0.747 bits per heavy atom. The van der Waals surface area contributed by atoms with Crippen LogP contribution in [0.1, 0.15) is 105 Å². The highest BCUT2D eigenvalue weighted by Gasteiger charge is 2.46. The van der Waals surface area contributed by atoms with E-state index < -0.39 is 36.4 Å². The van der Waals surface area contributed by atoms with Crippen LogP contribution in [-0.2, 0) is 63.9 Å². The second-order valence-electron chi connectivity index (χ2n) is 22.4. The molecular weight excluding hydrogens is 1180 g/mol. The first-order valence-electron chi connectivity index (χ1n) is 26.9. The van der Waals surface area contributed by atoms with Gasteiger partial charge in [0.1, 0.15) is 12.3 Å². The second kappa shape index (κ2) is 27.5. The highest BCUT2D eigenvalue weighted by Crippen LogP contribution is 2.53. The van der Waals surface area contributed by atoms with Gasteiger partial charge in [-0.2, -0.15) is 13.0 Å². The zero-order valence-electron chi connectivity index (χ0n) is 47.4. The zero-order chi connectivity index (χ0) is 59.9. The first kappa shape index (κ1) is 64.6. The third kappa shape index (κ3) is 14.4. The predicted octanol–water partition coefficient (Wildman–Crippen LogP) is 14.4. The zero-order valence-corrected chi connectivity index (χ0v) is 52.3. The van der Waals surface area contributed by atoms with Gasteiger partial charge >= 0.3 is 0 Å². The second-order valence-corrected chi connectivity index (χ2v) is 29.2. The molecule has 0 aromatic heterocycles. The third-order valence-corrected chi connectivity index (χ3v) is 21.2. The Bertz CT molecular complexity index is 3610. The Morgan fingerprint density at radius 3 is 2.08 bits per heavy atom. The van der Waals surface area contributed by atoms with Crippen LogP contribution in [0.3, 0.4) is 0 Å². The molecule has 4 N–H and O–H groups in total. The lowest BCUT2D eigenvalue weighted by molar-refractivity contribution is -0.438. The number of hydrogen-bond donors (Lipinski definition) is 4. The number of nitrogens with zero attached hydrogens (tertiary/aromatic N) is 3. The van der Waals surface area contributed by atoms with Gasteiger partial charge in [-0.3, -0.25) is 9.35 Å². The maximum atomic E-state index is 14.4. The molecule has 0 radical (unpaired) electrons. The summed E-state index contributed by atoms with van der Waals surface area (Å²) in [6.45, 7) is 15.6. The van der Waals surface area contributed by atoms with Crippen molar-refractivity contribution in [2.75, 3.05) is 43.1 Å². The van der Waals surface area contributed by atoms with Gasteiger partial charge in [-0.15, -0.1) is 13.0 Å². The van der Waals surface area contributed by atoms with E-state index in [9.17, 15) is 26.2 Å². The third-order valence-electron chi connectivity index (χ3n) is 15.3. The number of sulfonamides is 1. The Balaban J connectivity index is 1.23. The standard InChI is InChI=1S/C59H69N3O15S6/c1-57(2,3)53(63)21-12-34-60(8)82(67,68)50-20-11-18-46-44(50)29-31-48-55(46)59(6,7)52(62(48)36-14-38-79-76-73-65)33-23-40-16-9-15-39(56(40)80-41-24-26-42(27-25-41)83(69,70)71)22-32-51-58(4,5)54-45-17-10-19-49(81-77-74-66)43(45)28-30-47(54)61(51)35-13-37-78-75-72-64/h10-11,17-20,22-33H,9,12-16,21,34-38H2,1-8H3,(H3-,64,65,66,69,70,71)/p+1. The molecule has 0 saturated heterocycles. The molecule has 0 bridgehead atoms. The number of fused-ring (bicyclic) bond motifs is 6. The molecular formula is C59H70N3O15S6+. The Morgan fingerprint density at radius 2 is 1.41 bits per heavy atom. The van der Waals surface area contributed by atoms with Crippen molar-refractivity contribution in [3.8, 4) is 0 Å². The minimum atomic E-state index is -4.45. The summed E-state index contributed by atoms with van der Waals surface area (Å²) in [7, 11) is -6.88. The Kier molecular flexibility index (Phi) is 21.4. The van der Waals surface area contributed by atoms with Gasteiger partial charge in [0.05, 0.1) is 27.2 Å². The van der Waals surface area contributed by atoms with E-state index in [-0.39, 0.29) is 28.5 Å². The van der Waals surface area contributed by atoms with Crippen molar-refractivity contribution in [1.29, 1.82) is 0 Å². The number of ketones is 1. The largest absolute Gasteiger partial charge is 0.344 e. The van der Waals surface area contributed by atoms with Gasteiger partial charge in [0.2, 0.25) is 15.7 Å². The quantitative estimate of drug-likeness (QED) is 0.00956. The van der Waals surface area contributed by atoms with Crippen LogP contribution in [0, 0.1) is 5.41 Å². The van der Waals surface area contributed by atoms with Crippen LogP contribution >= 0.6 is 47.9 Å². The van der Waals surface area contributed by atoms with E-state index >= 15 is 0 Å². The van der Waals surface area contributed by atoms with Crippen molar-refractivity contribution in [3.63, 3.8) is 0 Å². The minimum absolute atomic E-state index is 0.0728. The lowest BCUT2D eigenvalue weighted by atomic mass is 9.78. The maximum absolute atomic E-state index is 14.4. The molecule has 8 rings (SSSR count). The number of rotatable bonds is 27. The molecule has 0 fully saturated rings. The number of benzene rings is 5. The van der Waals surface area contributed by atoms with Gasteiger partial charge in [-0.05, 0) is 133 Å². The Hall–Kier alpha value is -4.42. The number of Topliss-reactive ketones (excluding diaryl/α,β-unsaturated/α-hetero) is 1. The molecule has 83 heavy (non-hydrogen) atoms. The summed E-state index contributed by atoms with van der Waals surface area (Å²) in [6, 6.07) is 25.4. The summed E-state index contributed by atoms with van der Waals surface area (Å²) in [6.07, 6.45) is 12.9. The Labute approximate surface area is 502 Å². The van der Waals surface area contributed by atoms with Crippen LogP contribution in [0.15, 0.2) is 151 Å². The van der Waals surface area contributed by atoms with Crippen molar-refractivity contribution in [2.24, 2.45) is 5.41 Å². The summed E-state index contributed by atoms with van der Waals surface area (Å²) in [5, 5.41) is 41.7. The number of allylic oxidation sites excluding steroid dienone is 7. The number of carbonyl (C=O) groups excluding carboxylic acids is 1. The molecule has 2 aliphatic heterocycles. The molecule has 1 aliphatic carbocycles. The molecule has 3 aliphatic rings. The van der Waals surface area contributed by atoms with Gasteiger partial charge in [0.15, 0.2) is 5.71 Å². The number of hydrogen-bond acceptors (Lipinski definition) is 19. The van der Waals surface area contributed by atoms with Gasteiger partial charge in [0.25, 0.3) is 10.1 Å². The van der Waals surface area contributed by atoms with E-state index in [1.165, 1.54) is 28.2 Å². The molecule has 24 heteroatoms. The lowest BCUT2D eigenvalue weighted by Crippen LogP contribution is -2.29. The van der Waals surface area contributed by atoms with Crippen molar-refractivity contribution < 1.29 is 74.6 Å². The van der Waals surface area contributed by atoms with Crippen LogP contribution < -0.4 is 4.90 Å². The van der Waals surface area contributed by atoms with Crippen molar-refractivity contribution >= 4 is 112 Å². The maximum Gasteiger partial charge on any atom is 0.294 e. The van der Waals surface area contributed by atoms with Crippen molar-refractivity contribution in [1.82, 2.24) is 4.31 Å². The molecule has 5 aromatic carbocycles. The summed E-state index contributed by atoms with van der Waals surface area (Å²) in [5.41, 5.74) is 6.34. The highest BCUT2D eigenvalue weighted by atomic mass is 32.2. The molecule has 446 valence electrons. The van der Waals surface area contributed by atoms with Crippen LogP contribution in [0.4, 0.5) is 11.4 Å². The van der Waals surface area contributed by atoms with Gasteiger partial charge in [0, 0.05) is 129 Å². The monoisotopic (exact) mass is 1250 g/mol. The molecule has 18 nitrogen and oxygen atoms in total. The molecule has 0 saturated carbocycles.